The molecule has 0 radical (unpaired) electrons. The molecular formula is C19H23F3N6O. The molecule has 2 fully saturated rings. The van der Waals surface area contributed by atoms with Gasteiger partial charge in [-0.15, -0.1) is 0 Å². The minimum absolute atomic E-state index is 0.0316. The summed E-state index contributed by atoms with van der Waals surface area (Å²) < 4.78 is 43.2. The zero-order valence-electron chi connectivity index (χ0n) is 15.9. The first-order valence-corrected chi connectivity index (χ1v) is 9.60. The lowest BCUT2D eigenvalue weighted by Gasteiger charge is -2.33. The quantitative estimate of drug-likeness (QED) is 0.801. The number of alkyl halides is 3. The van der Waals surface area contributed by atoms with Gasteiger partial charge in [0.15, 0.2) is 5.82 Å². The van der Waals surface area contributed by atoms with E-state index >= 15 is 0 Å². The molecule has 0 bridgehead atoms. The van der Waals surface area contributed by atoms with Crippen LogP contribution in [0.5, 0.6) is 0 Å². The number of hydrogen-bond acceptors (Lipinski definition) is 7. The van der Waals surface area contributed by atoms with E-state index in [9.17, 15) is 13.2 Å². The molecule has 4 heterocycles. The Kier molecular flexibility index (Phi) is 5.44. The van der Waals surface area contributed by atoms with Crippen LogP contribution >= 0.6 is 0 Å². The van der Waals surface area contributed by atoms with E-state index in [4.69, 9.17) is 4.74 Å². The molecule has 0 unspecified atom stereocenters. The summed E-state index contributed by atoms with van der Waals surface area (Å²) in [7, 11) is 0. The summed E-state index contributed by atoms with van der Waals surface area (Å²) in [6, 6.07) is 1.90. The third-order valence-corrected chi connectivity index (χ3v) is 5.56. The van der Waals surface area contributed by atoms with Gasteiger partial charge in [-0.25, -0.2) is 15.0 Å². The summed E-state index contributed by atoms with van der Waals surface area (Å²) in [6.07, 6.45) is 4.65. The van der Waals surface area contributed by atoms with Gasteiger partial charge in [-0.2, -0.15) is 13.2 Å². The van der Waals surface area contributed by atoms with Crippen molar-refractivity contribution in [2.75, 3.05) is 37.7 Å². The fraction of sp³-hybridized carbons (Fsp3) is 0.526. The van der Waals surface area contributed by atoms with Crippen molar-refractivity contribution in [1.29, 1.82) is 0 Å². The Labute approximate surface area is 166 Å². The summed E-state index contributed by atoms with van der Waals surface area (Å²) in [5.41, 5.74) is -0.522. The molecule has 0 amide bonds. The summed E-state index contributed by atoms with van der Waals surface area (Å²) in [6.45, 7) is 3.57. The fourth-order valence-electron chi connectivity index (χ4n) is 3.85. The topological polar surface area (TPSA) is 74.7 Å². The predicted octanol–water partition coefficient (Wildman–Crippen LogP) is 2.45. The molecule has 1 spiro atoms. The molecule has 3 aliphatic rings. The van der Waals surface area contributed by atoms with Gasteiger partial charge in [0.2, 0.25) is 0 Å². The average Bonchev–Trinajstić information content (AvgIpc) is 3.12. The van der Waals surface area contributed by atoms with Crippen LogP contribution in [0.3, 0.4) is 0 Å². The van der Waals surface area contributed by atoms with Crippen LogP contribution in [-0.2, 0) is 4.74 Å². The lowest BCUT2D eigenvalue weighted by molar-refractivity contribution is -0.0967. The molecule has 0 aliphatic carbocycles. The van der Waals surface area contributed by atoms with E-state index in [1.165, 1.54) is 0 Å². The molecule has 1 aromatic heterocycles. The summed E-state index contributed by atoms with van der Waals surface area (Å²) in [5.74, 6) is 1.79. The minimum Gasteiger partial charge on any atom is -0.381 e. The molecule has 1 aromatic rings. The Morgan fingerprint density at radius 2 is 2.07 bits per heavy atom. The number of nitrogens with zero attached hydrogens (tertiary/aromatic N) is 4. The number of ether oxygens (including phenoxy) is 1. The van der Waals surface area contributed by atoms with E-state index < -0.39 is 11.9 Å². The van der Waals surface area contributed by atoms with Crippen molar-refractivity contribution in [3.63, 3.8) is 0 Å². The molecule has 3 aliphatic heterocycles. The molecule has 0 saturated carbocycles. The highest BCUT2D eigenvalue weighted by molar-refractivity contribution is 5.87. The Balaban J connectivity index is 1.36. The van der Waals surface area contributed by atoms with Gasteiger partial charge < -0.3 is 20.3 Å². The zero-order valence-corrected chi connectivity index (χ0v) is 15.9. The highest BCUT2D eigenvalue weighted by Crippen LogP contribution is 2.40. The maximum Gasteiger partial charge on any atom is 0.432 e. The van der Waals surface area contributed by atoms with Crippen molar-refractivity contribution >= 4 is 17.7 Å². The average molecular weight is 408 g/mol. The van der Waals surface area contributed by atoms with Crippen molar-refractivity contribution in [1.82, 2.24) is 20.6 Å². The van der Waals surface area contributed by atoms with Gasteiger partial charge in [0, 0.05) is 38.7 Å². The van der Waals surface area contributed by atoms with Gasteiger partial charge in [-0.1, -0.05) is 0 Å². The van der Waals surface area contributed by atoms with Crippen molar-refractivity contribution in [2.45, 2.75) is 25.4 Å². The Morgan fingerprint density at radius 1 is 1.24 bits per heavy atom. The second-order valence-electron chi connectivity index (χ2n) is 7.50. The second-order valence-corrected chi connectivity index (χ2v) is 7.50. The summed E-state index contributed by atoms with van der Waals surface area (Å²) in [5, 5.41) is 5.16. The number of hydrogen-bond donors (Lipinski definition) is 2. The molecular weight excluding hydrogens is 385 g/mol. The third kappa shape index (κ3) is 4.69. The number of anilines is 1. The first-order valence-electron chi connectivity index (χ1n) is 9.60. The Hall–Kier alpha value is -2.62. The maximum atomic E-state index is 12.6. The highest BCUT2D eigenvalue weighted by atomic mass is 19.4. The van der Waals surface area contributed by atoms with E-state index in [1.807, 2.05) is 6.07 Å². The van der Waals surface area contributed by atoms with Crippen LogP contribution in [0.4, 0.5) is 19.0 Å². The van der Waals surface area contributed by atoms with E-state index in [-0.39, 0.29) is 6.54 Å². The van der Waals surface area contributed by atoms with Crippen molar-refractivity contribution in [3.8, 4) is 0 Å². The molecule has 29 heavy (non-hydrogen) atoms. The largest absolute Gasteiger partial charge is 0.432 e. The molecule has 2 N–H and O–H groups in total. The number of nitrogens with one attached hydrogen (secondary N) is 2. The van der Waals surface area contributed by atoms with Crippen molar-refractivity contribution < 1.29 is 17.9 Å². The van der Waals surface area contributed by atoms with Gasteiger partial charge >= 0.3 is 6.18 Å². The first kappa shape index (κ1) is 19.7. The van der Waals surface area contributed by atoms with Crippen LogP contribution in [-0.4, -0.2) is 54.8 Å². The van der Waals surface area contributed by atoms with E-state index in [0.29, 0.717) is 17.1 Å². The summed E-state index contributed by atoms with van der Waals surface area (Å²) >= 11 is 0. The van der Waals surface area contributed by atoms with Crippen LogP contribution in [0.2, 0.25) is 0 Å². The minimum atomic E-state index is -4.42. The van der Waals surface area contributed by atoms with Crippen LogP contribution in [0, 0.1) is 5.41 Å². The van der Waals surface area contributed by atoms with Gasteiger partial charge in [0.25, 0.3) is 0 Å². The molecule has 0 atom stereocenters. The number of allylic oxidation sites excluding steroid dienone is 1. The normalized spacial score (nSPS) is 21.8. The molecule has 4 rings (SSSR count). The first-order chi connectivity index (χ1) is 13.9. The van der Waals surface area contributed by atoms with Crippen molar-refractivity contribution in [2.24, 2.45) is 10.4 Å². The molecule has 156 valence electrons. The Bertz CT molecular complexity index is 829. The highest BCUT2D eigenvalue weighted by Gasteiger charge is 2.39. The predicted molar refractivity (Wildman–Crippen MR) is 103 cm³/mol. The number of aliphatic imine (C=N–C) groups is 1. The van der Waals surface area contributed by atoms with E-state index in [0.717, 1.165) is 57.6 Å². The van der Waals surface area contributed by atoms with Gasteiger partial charge in [-0.3, -0.25) is 0 Å². The maximum absolute atomic E-state index is 12.6. The zero-order chi connectivity index (χ0) is 20.3. The summed E-state index contributed by atoms with van der Waals surface area (Å²) in [4.78, 5) is 14.9. The molecule has 10 heteroatoms. The monoisotopic (exact) mass is 408 g/mol. The standard InChI is InChI=1S/C19H23F3N6O/c20-19(21,22)14-11-26-16(12-25-14)24-6-1-15-23-7-2-17(27-15)28-8-3-18(13-28)4-9-29-10-5-18/h1-2,6-7,11,25H,3-5,8-10,12-13H2,(H,24,26)/b6-1+. The number of rotatable bonds is 3. The molecule has 2 saturated heterocycles. The molecule has 0 aromatic carbocycles. The lowest BCUT2D eigenvalue weighted by atomic mass is 9.80. The lowest BCUT2D eigenvalue weighted by Crippen LogP contribution is -2.37. The number of halogens is 3. The number of amidine groups is 1. The van der Waals surface area contributed by atoms with Gasteiger partial charge in [-0.05, 0) is 36.8 Å². The molecule has 7 nitrogen and oxygen atoms in total. The van der Waals surface area contributed by atoms with Crippen LogP contribution in [0.1, 0.15) is 25.1 Å². The second kappa shape index (κ2) is 8.02. The van der Waals surface area contributed by atoms with Crippen molar-refractivity contribution in [3.05, 3.63) is 36.2 Å². The van der Waals surface area contributed by atoms with Crippen LogP contribution in [0.15, 0.2) is 35.4 Å². The SMILES string of the molecule is FC(F)(F)C1=CN=C(N/C=C/c2nccc(N3CCC4(CCOCC4)C3)n2)CN1. The number of aromatic nitrogens is 2. The van der Waals surface area contributed by atoms with E-state index in [2.05, 4.69) is 30.5 Å². The van der Waals surface area contributed by atoms with E-state index in [1.54, 1.807) is 18.5 Å². The fourth-order valence-corrected chi connectivity index (χ4v) is 3.85. The van der Waals surface area contributed by atoms with Gasteiger partial charge in [0.05, 0.1) is 12.7 Å². The van der Waals surface area contributed by atoms with Crippen LogP contribution < -0.4 is 15.5 Å². The third-order valence-electron chi connectivity index (χ3n) is 5.56. The Morgan fingerprint density at radius 3 is 2.79 bits per heavy atom. The smallest absolute Gasteiger partial charge is 0.381 e. The van der Waals surface area contributed by atoms with Gasteiger partial charge in [0.1, 0.15) is 17.4 Å². The van der Waals surface area contributed by atoms with Crippen LogP contribution in [0.25, 0.3) is 6.08 Å².